The monoisotopic (exact) mass is 216 g/mol. The minimum atomic E-state index is -4.07. The molecule has 0 aromatic heterocycles. The van der Waals surface area contributed by atoms with E-state index >= 15 is 0 Å². The van der Waals surface area contributed by atoms with E-state index in [-0.39, 0.29) is 0 Å². The van der Waals surface area contributed by atoms with Crippen LogP contribution in [0.25, 0.3) is 0 Å². The zero-order chi connectivity index (χ0) is 10.7. The molecule has 0 amide bonds. The molecule has 0 spiro atoms. The second-order valence-electron chi connectivity index (χ2n) is 2.50. The summed E-state index contributed by atoms with van der Waals surface area (Å²) < 4.78 is 33.0. The third kappa shape index (κ3) is 24.5. The van der Waals surface area contributed by atoms with Crippen LogP contribution in [-0.2, 0) is 0 Å². The molecule has 0 saturated heterocycles. The van der Waals surface area contributed by atoms with Gasteiger partial charge in [-0.3, -0.25) is 0 Å². The maximum Gasteiger partial charge on any atom is 0.392 e. The number of unbranched alkanes of at least 4 members (excludes halogenated alkanes) is 2. The average Bonchev–Trinajstić information content (AvgIpc) is 1.99. The molecule has 0 aromatic carbocycles. The van der Waals surface area contributed by atoms with Gasteiger partial charge in [0.2, 0.25) is 0 Å². The molecule has 0 rings (SSSR count). The van der Waals surface area contributed by atoms with Crippen LogP contribution < -0.4 is 0 Å². The molecule has 0 unspecified atom stereocenters. The normalized spacial score (nSPS) is 10.2. The molecule has 0 aliphatic heterocycles. The molecule has 0 bridgehead atoms. The predicted octanol–water partition coefficient (Wildman–Crippen LogP) is 4.54. The molecule has 4 heteroatoms. The second-order valence-corrected chi connectivity index (χ2v) is 2.88. The lowest BCUT2D eigenvalue weighted by molar-refractivity contribution is -0.124. The summed E-state index contributed by atoms with van der Waals surface area (Å²) in [6, 6.07) is 0. The Morgan fingerprint density at radius 1 is 1.31 bits per heavy atom. The van der Waals surface area contributed by atoms with Crippen molar-refractivity contribution in [3.63, 3.8) is 0 Å². The van der Waals surface area contributed by atoms with E-state index < -0.39 is 12.6 Å². The molecule has 0 N–H and O–H groups in total. The summed E-state index contributed by atoms with van der Waals surface area (Å²) in [7, 11) is 0. The van der Waals surface area contributed by atoms with E-state index in [2.05, 4.69) is 13.5 Å². The summed E-state index contributed by atoms with van der Waals surface area (Å²) in [5.41, 5.74) is 0. The number of hydrogen-bond acceptors (Lipinski definition) is 0. The zero-order valence-electron chi connectivity index (χ0n) is 7.83. The van der Waals surface area contributed by atoms with E-state index in [0.717, 1.165) is 12.0 Å². The van der Waals surface area contributed by atoms with E-state index in [9.17, 15) is 13.2 Å². The molecule has 0 fully saturated rings. The zero-order valence-corrected chi connectivity index (χ0v) is 8.59. The van der Waals surface area contributed by atoms with Crippen molar-refractivity contribution in [2.24, 2.45) is 0 Å². The minimum absolute atomic E-state index is 0.827. The molecule has 0 radical (unpaired) electrons. The lowest BCUT2D eigenvalue weighted by Crippen LogP contribution is -2.03. The molecule has 0 aliphatic carbocycles. The highest BCUT2D eigenvalue weighted by Gasteiger charge is 2.23. The van der Waals surface area contributed by atoms with Gasteiger partial charge < -0.3 is 0 Å². The fourth-order valence-corrected chi connectivity index (χ4v) is 0.697. The summed E-state index contributed by atoms with van der Waals surface area (Å²) in [6.07, 6.45) is -0.400. The van der Waals surface area contributed by atoms with Crippen molar-refractivity contribution in [2.45, 2.75) is 38.8 Å². The van der Waals surface area contributed by atoms with Crippen molar-refractivity contribution in [2.75, 3.05) is 5.88 Å². The van der Waals surface area contributed by atoms with Crippen LogP contribution in [0.4, 0.5) is 13.2 Å². The van der Waals surface area contributed by atoms with Crippen molar-refractivity contribution >= 4 is 11.6 Å². The number of alkyl halides is 4. The summed E-state index contributed by atoms with van der Waals surface area (Å²) in [4.78, 5) is 0. The Bertz CT molecular complexity index is 106. The Balaban J connectivity index is 0. The molecule has 0 nitrogen and oxygen atoms in total. The number of hydrogen-bond donors (Lipinski definition) is 0. The molecule has 0 saturated carbocycles. The summed E-state index contributed by atoms with van der Waals surface area (Å²) in [5.74, 6) is 0.827. The van der Waals surface area contributed by atoms with Gasteiger partial charge in [-0.2, -0.15) is 13.2 Å². The Labute approximate surface area is 82.8 Å². The SMILES string of the molecule is C=CCC(F)(F)F.CCCCCCl. The van der Waals surface area contributed by atoms with Crippen LogP contribution in [-0.4, -0.2) is 12.1 Å². The largest absolute Gasteiger partial charge is 0.392 e. The van der Waals surface area contributed by atoms with Gasteiger partial charge in [-0.25, -0.2) is 0 Å². The van der Waals surface area contributed by atoms with E-state index in [4.69, 9.17) is 11.6 Å². The first-order valence-corrected chi connectivity index (χ1v) is 4.75. The van der Waals surface area contributed by atoms with Crippen LogP contribution >= 0.6 is 11.6 Å². The number of rotatable bonds is 4. The minimum Gasteiger partial charge on any atom is -0.171 e. The van der Waals surface area contributed by atoms with E-state index in [1.165, 1.54) is 19.3 Å². The van der Waals surface area contributed by atoms with Crippen molar-refractivity contribution in [1.29, 1.82) is 0 Å². The summed E-state index contributed by atoms with van der Waals surface area (Å²) >= 11 is 5.38. The maximum atomic E-state index is 11.0. The number of halogens is 4. The molecule has 0 aromatic rings. The lowest BCUT2D eigenvalue weighted by Gasteiger charge is -1.97. The summed E-state index contributed by atoms with van der Waals surface area (Å²) in [5, 5.41) is 0. The average molecular weight is 217 g/mol. The first kappa shape index (κ1) is 15.3. The Hall–Kier alpha value is -0.180. The Morgan fingerprint density at radius 3 is 1.92 bits per heavy atom. The van der Waals surface area contributed by atoms with Crippen molar-refractivity contribution in [3.05, 3.63) is 12.7 Å². The van der Waals surface area contributed by atoms with Crippen molar-refractivity contribution < 1.29 is 13.2 Å². The third-order valence-corrected chi connectivity index (χ3v) is 1.38. The number of allylic oxidation sites excluding steroid dienone is 1. The summed E-state index contributed by atoms with van der Waals surface area (Å²) in [6.45, 7) is 5.10. The molecule has 0 aliphatic rings. The van der Waals surface area contributed by atoms with Crippen LogP contribution in [0.2, 0.25) is 0 Å². The van der Waals surface area contributed by atoms with Gasteiger partial charge in [0.15, 0.2) is 0 Å². The molecule has 80 valence electrons. The van der Waals surface area contributed by atoms with Gasteiger partial charge >= 0.3 is 6.18 Å². The van der Waals surface area contributed by atoms with Gasteiger partial charge in [-0.1, -0.05) is 25.8 Å². The molecular weight excluding hydrogens is 201 g/mol. The first-order valence-electron chi connectivity index (χ1n) is 4.21. The second kappa shape index (κ2) is 9.90. The van der Waals surface area contributed by atoms with Crippen LogP contribution in [0.15, 0.2) is 12.7 Å². The van der Waals surface area contributed by atoms with Gasteiger partial charge in [0.05, 0.1) is 6.42 Å². The smallest absolute Gasteiger partial charge is 0.171 e. The highest BCUT2D eigenvalue weighted by atomic mass is 35.5. The fraction of sp³-hybridized carbons (Fsp3) is 0.778. The van der Waals surface area contributed by atoms with E-state index in [0.29, 0.717) is 0 Å². The molecule has 0 atom stereocenters. The van der Waals surface area contributed by atoms with Gasteiger partial charge in [-0.05, 0) is 6.42 Å². The van der Waals surface area contributed by atoms with Gasteiger partial charge in [-0.15, -0.1) is 18.2 Å². The van der Waals surface area contributed by atoms with Crippen LogP contribution in [0.3, 0.4) is 0 Å². The van der Waals surface area contributed by atoms with Crippen LogP contribution in [0, 0.1) is 0 Å². The van der Waals surface area contributed by atoms with Crippen molar-refractivity contribution in [3.8, 4) is 0 Å². The van der Waals surface area contributed by atoms with E-state index in [1.807, 2.05) is 0 Å². The Morgan fingerprint density at radius 2 is 1.85 bits per heavy atom. The standard InChI is InChI=1S/C5H11Cl.C4H5F3/c1-2-3-4-5-6;1-2-3-4(5,6)7/h2-5H2,1H3;2H,1,3H2. The van der Waals surface area contributed by atoms with Gasteiger partial charge in [0.1, 0.15) is 0 Å². The predicted molar refractivity (Wildman–Crippen MR) is 51.1 cm³/mol. The molecule has 13 heavy (non-hydrogen) atoms. The van der Waals surface area contributed by atoms with E-state index in [1.54, 1.807) is 0 Å². The highest BCUT2D eigenvalue weighted by molar-refractivity contribution is 6.17. The topological polar surface area (TPSA) is 0 Å². The third-order valence-electron chi connectivity index (χ3n) is 1.11. The quantitative estimate of drug-likeness (QED) is 0.368. The maximum absolute atomic E-state index is 11.0. The lowest BCUT2D eigenvalue weighted by atomic mass is 10.3. The van der Waals surface area contributed by atoms with Gasteiger partial charge in [0, 0.05) is 5.88 Å². The van der Waals surface area contributed by atoms with Crippen LogP contribution in [0.5, 0.6) is 0 Å². The molecular formula is C9H16ClF3. The Kier molecular flexibility index (Phi) is 11.7. The van der Waals surface area contributed by atoms with Crippen molar-refractivity contribution in [1.82, 2.24) is 0 Å². The van der Waals surface area contributed by atoms with Gasteiger partial charge in [0.25, 0.3) is 0 Å². The van der Waals surface area contributed by atoms with Crippen LogP contribution in [0.1, 0.15) is 32.6 Å². The highest BCUT2D eigenvalue weighted by Crippen LogP contribution is 2.18. The first-order chi connectivity index (χ1) is 5.97. The fourth-order valence-electron chi connectivity index (χ4n) is 0.508. The molecule has 0 heterocycles.